The van der Waals surface area contributed by atoms with E-state index >= 15 is 0 Å². The number of nitrogens with one attached hydrogen (secondary N) is 1. The molecule has 10 heteroatoms. The first-order valence-corrected chi connectivity index (χ1v) is 7.90. The van der Waals surface area contributed by atoms with Crippen molar-refractivity contribution < 1.29 is 21.6 Å². The van der Waals surface area contributed by atoms with Gasteiger partial charge in [0.2, 0.25) is 10.0 Å². The Labute approximate surface area is 126 Å². The van der Waals surface area contributed by atoms with Crippen LogP contribution in [-0.4, -0.2) is 43.5 Å². The molecule has 0 spiro atoms. The number of aromatic nitrogens is 1. The average molecular weight is 346 g/mol. The van der Waals surface area contributed by atoms with Crippen LogP contribution in [0.25, 0.3) is 0 Å². The Hall–Kier alpha value is -1.06. The van der Waals surface area contributed by atoms with Gasteiger partial charge in [0.05, 0.1) is 5.02 Å². The number of pyridine rings is 1. The molecule has 0 amide bonds. The molecule has 0 aliphatic rings. The smallest absolute Gasteiger partial charge is 0.369 e. The van der Waals surface area contributed by atoms with E-state index in [0.29, 0.717) is 10.8 Å². The molecule has 1 aromatic rings. The predicted octanol–water partition coefficient (Wildman–Crippen LogP) is 2.74. The summed E-state index contributed by atoms with van der Waals surface area (Å²) in [5, 5.41) is 2.83. The molecule has 21 heavy (non-hydrogen) atoms. The normalized spacial score (nSPS) is 12.7. The first-order valence-electron chi connectivity index (χ1n) is 6.08. The summed E-state index contributed by atoms with van der Waals surface area (Å²) in [4.78, 5) is 3.44. The van der Waals surface area contributed by atoms with E-state index < -0.39 is 22.7 Å². The second-order valence-corrected chi connectivity index (χ2v) is 6.42. The van der Waals surface area contributed by atoms with E-state index in [2.05, 4.69) is 10.3 Å². The van der Waals surface area contributed by atoms with Gasteiger partial charge in [-0.2, -0.15) is 17.5 Å². The summed E-state index contributed by atoms with van der Waals surface area (Å²) in [6.45, 7) is 1.77. The molecular weight excluding hydrogens is 331 g/mol. The van der Waals surface area contributed by atoms with Gasteiger partial charge in [0.25, 0.3) is 0 Å². The topological polar surface area (TPSA) is 62.3 Å². The Balaban J connectivity index is 3.14. The van der Waals surface area contributed by atoms with Crippen molar-refractivity contribution in [3.63, 3.8) is 0 Å². The minimum Gasteiger partial charge on any atom is -0.369 e. The van der Waals surface area contributed by atoms with Gasteiger partial charge < -0.3 is 5.32 Å². The second-order valence-electron chi connectivity index (χ2n) is 4.08. The number of hydrogen-bond donors (Lipinski definition) is 1. The molecule has 1 aromatic heterocycles. The average Bonchev–Trinajstić information content (AvgIpc) is 2.37. The summed E-state index contributed by atoms with van der Waals surface area (Å²) in [6, 6.07) is 1.08. The largest absolute Gasteiger partial charge is 0.402 e. The van der Waals surface area contributed by atoms with Crippen LogP contribution in [-0.2, 0) is 10.0 Å². The van der Waals surface area contributed by atoms with E-state index in [1.165, 1.54) is 6.92 Å². The monoisotopic (exact) mass is 345 g/mol. The van der Waals surface area contributed by atoms with E-state index in [0.717, 1.165) is 12.3 Å². The highest BCUT2D eigenvalue weighted by molar-refractivity contribution is 7.89. The summed E-state index contributed by atoms with van der Waals surface area (Å²) in [5.74, 6) is 0.275. The zero-order valence-electron chi connectivity index (χ0n) is 11.4. The molecule has 1 heterocycles. The van der Waals surface area contributed by atoms with Gasteiger partial charge in [-0.15, -0.1) is 0 Å². The van der Waals surface area contributed by atoms with Crippen molar-refractivity contribution in [1.82, 2.24) is 9.29 Å². The Morgan fingerprint density at radius 2 is 2.00 bits per heavy atom. The first-order chi connectivity index (χ1) is 9.61. The van der Waals surface area contributed by atoms with Crippen molar-refractivity contribution in [1.29, 1.82) is 0 Å². The molecule has 0 radical (unpaired) electrons. The van der Waals surface area contributed by atoms with Gasteiger partial charge in [-0.05, 0) is 13.0 Å². The van der Waals surface area contributed by atoms with Crippen molar-refractivity contribution >= 4 is 27.4 Å². The van der Waals surface area contributed by atoms with Crippen LogP contribution in [0.5, 0.6) is 0 Å². The van der Waals surface area contributed by atoms with Crippen molar-refractivity contribution in [2.24, 2.45) is 0 Å². The lowest BCUT2D eigenvalue weighted by Gasteiger charge is -2.21. The van der Waals surface area contributed by atoms with Crippen molar-refractivity contribution in [2.45, 2.75) is 24.9 Å². The van der Waals surface area contributed by atoms with E-state index in [9.17, 15) is 21.6 Å². The molecule has 0 unspecified atom stereocenters. The summed E-state index contributed by atoms with van der Waals surface area (Å²) in [6.07, 6.45) is -3.64. The lowest BCUT2D eigenvalue weighted by atomic mass is 10.4. The summed E-state index contributed by atoms with van der Waals surface area (Å²) in [7, 11) is -4.30. The van der Waals surface area contributed by atoms with Crippen LogP contribution in [0.15, 0.2) is 17.2 Å². The minimum absolute atomic E-state index is 0.0287. The van der Waals surface area contributed by atoms with Crippen LogP contribution in [0.4, 0.5) is 19.0 Å². The van der Waals surface area contributed by atoms with Gasteiger partial charge in [0, 0.05) is 19.3 Å². The molecule has 0 bridgehead atoms. The highest BCUT2D eigenvalue weighted by Crippen LogP contribution is 2.26. The first kappa shape index (κ1) is 18.0. The molecule has 1 N–H and O–H groups in total. The number of nitrogens with zero attached hydrogens (tertiary/aromatic N) is 2. The van der Waals surface area contributed by atoms with Gasteiger partial charge in [-0.25, -0.2) is 13.4 Å². The molecule has 0 saturated heterocycles. The van der Waals surface area contributed by atoms with Gasteiger partial charge >= 0.3 is 6.18 Å². The lowest BCUT2D eigenvalue weighted by molar-refractivity contribution is -0.135. The Morgan fingerprint density at radius 3 is 2.43 bits per heavy atom. The van der Waals surface area contributed by atoms with E-state index in [-0.39, 0.29) is 22.3 Å². The van der Waals surface area contributed by atoms with Gasteiger partial charge in [0.15, 0.2) is 0 Å². The van der Waals surface area contributed by atoms with Crippen LogP contribution < -0.4 is 5.32 Å². The maximum Gasteiger partial charge on any atom is 0.402 e. The van der Waals surface area contributed by atoms with Gasteiger partial charge in [0.1, 0.15) is 17.3 Å². The molecule has 0 saturated carbocycles. The fraction of sp³-hybridized carbons (Fsp3) is 0.545. The molecular formula is C11H15ClF3N3O2S. The summed E-state index contributed by atoms with van der Waals surface area (Å²) in [5.41, 5.74) is 0. The molecule has 0 aliphatic carbocycles. The van der Waals surface area contributed by atoms with E-state index in [1.54, 1.807) is 6.92 Å². The van der Waals surface area contributed by atoms with Crippen molar-refractivity contribution in [2.75, 3.05) is 25.0 Å². The standard InChI is InChI=1S/C11H15ClF3N3O2S/c1-3-16-10-9(12)5-8(6-17-10)21(19,20)18(4-2)7-11(13,14)15/h5-6H,3-4,7H2,1-2H3,(H,16,17). The zero-order valence-corrected chi connectivity index (χ0v) is 13.0. The van der Waals surface area contributed by atoms with Gasteiger partial charge in [-0.3, -0.25) is 0 Å². The number of hydrogen-bond acceptors (Lipinski definition) is 4. The van der Waals surface area contributed by atoms with Crippen LogP contribution in [0.1, 0.15) is 13.8 Å². The number of halogens is 4. The number of sulfonamides is 1. The van der Waals surface area contributed by atoms with Crippen LogP contribution in [0.3, 0.4) is 0 Å². The van der Waals surface area contributed by atoms with Crippen LogP contribution >= 0.6 is 11.6 Å². The SMILES string of the molecule is CCNc1ncc(S(=O)(=O)N(CC)CC(F)(F)F)cc1Cl. The zero-order chi connectivity index (χ0) is 16.3. The highest BCUT2D eigenvalue weighted by Gasteiger charge is 2.36. The molecule has 5 nitrogen and oxygen atoms in total. The van der Waals surface area contributed by atoms with Crippen LogP contribution in [0, 0.1) is 0 Å². The maximum atomic E-state index is 12.4. The molecule has 0 aliphatic heterocycles. The number of anilines is 1. The molecule has 1 rings (SSSR count). The number of alkyl halides is 3. The third-order valence-electron chi connectivity index (χ3n) is 2.51. The van der Waals surface area contributed by atoms with Gasteiger partial charge in [-0.1, -0.05) is 18.5 Å². The van der Waals surface area contributed by atoms with Crippen molar-refractivity contribution in [3.8, 4) is 0 Å². The lowest BCUT2D eigenvalue weighted by Crippen LogP contribution is -2.38. The fourth-order valence-electron chi connectivity index (χ4n) is 1.57. The molecule has 0 fully saturated rings. The minimum atomic E-state index is -4.62. The van der Waals surface area contributed by atoms with E-state index in [4.69, 9.17) is 11.6 Å². The quantitative estimate of drug-likeness (QED) is 0.861. The highest BCUT2D eigenvalue weighted by atomic mass is 35.5. The molecule has 0 aromatic carbocycles. The Bertz CT molecular complexity index is 593. The summed E-state index contributed by atoms with van der Waals surface area (Å²) < 4.78 is 61.9. The number of rotatable bonds is 6. The predicted molar refractivity (Wildman–Crippen MR) is 73.9 cm³/mol. The fourth-order valence-corrected chi connectivity index (χ4v) is 3.28. The third-order valence-corrected chi connectivity index (χ3v) is 4.68. The maximum absolute atomic E-state index is 12.4. The molecule has 0 atom stereocenters. The van der Waals surface area contributed by atoms with Crippen molar-refractivity contribution in [3.05, 3.63) is 17.3 Å². The second kappa shape index (κ2) is 6.80. The Kier molecular flexibility index (Phi) is 5.83. The summed E-state index contributed by atoms with van der Waals surface area (Å²) >= 11 is 5.87. The van der Waals surface area contributed by atoms with E-state index in [1.807, 2.05) is 0 Å². The van der Waals surface area contributed by atoms with Crippen LogP contribution in [0.2, 0.25) is 5.02 Å². The Morgan fingerprint density at radius 1 is 1.38 bits per heavy atom. The third kappa shape index (κ3) is 4.72. The molecule has 120 valence electrons.